The molecule has 0 aromatic carbocycles. The van der Waals surface area contributed by atoms with Crippen molar-refractivity contribution in [3.63, 3.8) is 0 Å². The highest BCUT2D eigenvalue weighted by Crippen LogP contribution is 2.16. The van der Waals surface area contributed by atoms with Gasteiger partial charge in [0, 0.05) is 12.6 Å². The summed E-state index contributed by atoms with van der Waals surface area (Å²) >= 11 is 1.51. The van der Waals surface area contributed by atoms with Gasteiger partial charge in [0.25, 0.3) is 0 Å². The van der Waals surface area contributed by atoms with Crippen molar-refractivity contribution >= 4 is 23.4 Å². The summed E-state index contributed by atoms with van der Waals surface area (Å²) in [5, 5.41) is 4.05. The molecule has 0 aliphatic rings. The highest BCUT2D eigenvalue weighted by atomic mass is 32.2. The molecule has 108 valence electrons. The predicted molar refractivity (Wildman–Crippen MR) is 83.5 cm³/mol. The molecule has 0 saturated carbocycles. The second-order valence-electron chi connectivity index (χ2n) is 4.46. The van der Waals surface area contributed by atoms with Gasteiger partial charge in [-0.15, -0.1) is 0 Å². The van der Waals surface area contributed by atoms with Crippen LogP contribution in [0.5, 0.6) is 0 Å². The quantitative estimate of drug-likeness (QED) is 0.201. The van der Waals surface area contributed by atoms with Gasteiger partial charge >= 0.3 is 0 Å². The zero-order valence-electron chi connectivity index (χ0n) is 11.9. The number of nitrogens with zero attached hydrogens (tertiary/aromatic N) is 2. The monoisotopic (exact) mass is 283 g/mol. The highest BCUT2D eigenvalue weighted by Gasteiger charge is 2.02. The van der Waals surface area contributed by atoms with Crippen LogP contribution in [0.25, 0.3) is 0 Å². The van der Waals surface area contributed by atoms with Gasteiger partial charge < -0.3 is 10.7 Å². The summed E-state index contributed by atoms with van der Waals surface area (Å²) < 4.78 is 0. The van der Waals surface area contributed by atoms with Crippen molar-refractivity contribution in [2.45, 2.75) is 50.6 Å². The Kier molecular flexibility index (Phi) is 8.33. The Labute approximate surface area is 120 Å². The molecule has 0 amide bonds. The smallest absolute Gasteiger partial charge is 0.191 e. The molecule has 0 aliphatic carbocycles. The molecule has 1 rings (SSSR count). The number of nitrogen functional groups attached to an aromatic ring is 1. The van der Waals surface area contributed by atoms with E-state index in [1.165, 1.54) is 50.3 Å². The van der Waals surface area contributed by atoms with Crippen molar-refractivity contribution in [1.29, 1.82) is 0 Å². The predicted octanol–water partition coefficient (Wildman–Crippen LogP) is 3.26. The molecule has 0 radical (unpaired) electrons. The molecule has 0 atom stereocenters. The van der Waals surface area contributed by atoms with Crippen LogP contribution < -0.4 is 16.6 Å². The van der Waals surface area contributed by atoms with E-state index in [-0.39, 0.29) is 0 Å². The van der Waals surface area contributed by atoms with Crippen LogP contribution in [-0.2, 0) is 0 Å². The molecule has 5 nitrogen and oxygen atoms in total. The summed E-state index contributed by atoms with van der Waals surface area (Å²) in [6.45, 7) is 3.18. The highest BCUT2D eigenvalue weighted by molar-refractivity contribution is 7.98. The molecule has 1 aromatic rings. The van der Waals surface area contributed by atoms with Gasteiger partial charge in [-0.25, -0.2) is 15.8 Å². The number of unbranched alkanes of at least 4 members (excludes halogenated alkanes) is 5. The molecule has 4 N–H and O–H groups in total. The van der Waals surface area contributed by atoms with E-state index < -0.39 is 0 Å². The Bertz CT molecular complexity index is 337. The third-order valence-electron chi connectivity index (χ3n) is 2.87. The van der Waals surface area contributed by atoms with Crippen LogP contribution in [0.1, 0.15) is 45.4 Å². The number of aromatic nitrogens is 2. The minimum atomic E-state index is 0.643. The molecule has 0 spiro atoms. The van der Waals surface area contributed by atoms with Gasteiger partial charge in [-0.3, -0.25) is 0 Å². The van der Waals surface area contributed by atoms with Gasteiger partial charge in [0.15, 0.2) is 5.16 Å². The maximum absolute atomic E-state index is 5.39. The van der Waals surface area contributed by atoms with Gasteiger partial charge in [-0.2, -0.15) is 0 Å². The number of hydrogen-bond donors (Lipinski definition) is 3. The molecule has 0 fully saturated rings. The number of hydrazine groups is 1. The van der Waals surface area contributed by atoms with Crippen molar-refractivity contribution in [3.8, 4) is 0 Å². The normalized spacial score (nSPS) is 10.5. The second kappa shape index (κ2) is 9.86. The summed E-state index contributed by atoms with van der Waals surface area (Å²) in [7, 11) is 0. The third-order valence-corrected chi connectivity index (χ3v) is 3.42. The summed E-state index contributed by atoms with van der Waals surface area (Å²) in [5.74, 6) is 6.87. The second-order valence-corrected chi connectivity index (χ2v) is 5.24. The molecular weight excluding hydrogens is 258 g/mol. The van der Waals surface area contributed by atoms with Gasteiger partial charge in [-0.05, 0) is 12.7 Å². The van der Waals surface area contributed by atoms with Gasteiger partial charge in [0.05, 0.1) is 0 Å². The van der Waals surface area contributed by atoms with Gasteiger partial charge in [0.1, 0.15) is 11.6 Å². The van der Waals surface area contributed by atoms with Gasteiger partial charge in [-0.1, -0.05) is 50.8 Å². The lowest BCUT2D eigenvalue weighted by Crippen LogP contribution is -2.11. The van der Waals surface area contributed by atoms with Crippen molar-refractivity contribution in [3.05, 3.63) is 6.07 Å². The van der Waals surface area contributed by atoms with Crippen molar-refractivity contribution in [1.82, 2.24) is 9.97 Å². The van der Waals surface area contributed by atoms with Crippen LogP contribution in [-0.4, -0.2) is 22.8 Å². The van der Waals surface area contributed by atoms with Gasteiger partial charge in [0.2, 0.25) is 0 Å². The fourth-order valence-corrected chi connectivity index (χ4v) is 2.18. The molecular formula is C13H25N5S. The topological polar surface area (TPSA) is 75.9 Å². The lowest BCUT2D eigenvalue weighted by Gasteiger charge is -2.08. The standard InChI is InChI=1S/C13H25N5S/c1-3-4-5-6-7-8-9-15-11-10-12(18-14)17-13(16-11)19-2/h10H,3-9,14H2,1-2H3,(H2,15,16,17,18). The SMILES string of the molecule is CCCCCCCCNc1cc(NN)nc(SC)n1. The third kappa shape index (κ3) is 6.63. The zero-order valence-corrected chi connectivity index (χ0v) is 12.7. The minimum absolute atomic E-state index is 0.643. The summed E-state index contributed by atoms with van der Waals surface area (Å²) in [5.41, 5.74) is 2.56. The van der Waals surface area contributed by atoms with E-state index in [2.05, 4.69) is 27.6 Å². The Hall–Kier alpha value is -1.01. The lowest BCUT2D eigenvalue weighted by atomic mass is 10.1. The number of thioether (sulfide) groups is 1. The molecule has 0 saturated heterocycles. The molecule has 1 heterocycles. The average Bonchev–Trinajstić information content (AvgIpc) is 2.45. The first kappa shape index (κ1) is 16.0. The van der Waals surface area contributed by atoms with E-state index in [9.17, 15) is 0 Å². The number of hydrogen-bond acceptors (Lipinski definition) is 6. The summed E-state index contributed by atoms with van der Waals surface area (Å²) in [4.78, 5) is 8.62. The maximum atomic E-state index is 5.39. The average molecular weight is 283 g/mol. The van der Waals surface area contributed by atoms with E-state index in [4.69, 9.17) is 5.84 Å². The number of rotatable bonds is 10. The Morgan fingerprint density at radius 3 is 2.47 bits per heavy atom. The fraction of sp³-hybridized carbons (Fsp3) is 0.692. The molecule has 19 heavy (non-hydrogen) atoms. The van der Waals surface area contributed by atoms with Crippen LogP contribution >= 0.6 is 11.8 Å². The molecule has 0 bridgehead atoms. The molecule has 6 heteroatoms. The van der Waals surface area contributed by atoms with E-state index in [1.54, 1.807) is 0 Å². The van der Waals surface area contributed by atoms with Crippen LogP contribution in [0.2, 0.25) is 0 Å². The maximum Gasteiger partial charge on any atom is 0.191 e. The molecule has 0 aliphatic heterocycles. The Balaban J connectivity index is 2.28. The van der Waals surface area contributed by atoms with Crippen molar-refractivity contribution < 1.29 is 0 Å². The first-order valence-electron chi connectivity index (χ1n) is 6.93. The Morgan fingerprint density at radius 2 is 1.79 bits per heavy atom. The molecule has 1 aromatic heterocycles. The van der Waals surface area contributed by atoms with Crippen LogP contribution in [0.15, 0.2) is 11.2 Å². The van der Waals surface area contributed by atoms with E-state index in [0.29, 0.717) is 5.82 Å². The zero-order chi connectivity index (χ0) is 13.9. The summed E-state index contributed by atoms with van der Waals surface area (Å²) in [6.07, 6.45) is 9.72. The molecule has 0 unspecified atom stereocenters. The van der Waals surface area contributed by atoms with E-state index in [1.807, 2.05) is 12.3 Å². The van der Waals surface area contributed by atoms with Crippen LogP contribution in [0.4, 0.5) is 11.6 Å². The summed E-state index contributed by atoms with van der Waals surface area (Å²) in [6, 6.07) is 1.83. The van der Waals surface area contributed by atoms with E-state index in [0.717, 1.165) is 17.5 Å². The lowest BCUT2D eigenvalue weighted by molar-refractivity contribution is 0.616. The largest absolute Gasteiger partial charge is 0.370 e. The van der Waals surface area contributed by atoms with E-state index >= 15 is 0 Å². The van der Waals surface area contributed by atoms with Crippen molar-refractivity contribution in [2.75, 3.05) is 23.5 Å². The van der Waals surface area contributed by atoms with Crippen molar-refractivity contribution in [2.24, 2.45) is 5.84 Å². The van der Waals surface area contributed by atoms with Crippen LogP contribution in [0, 0.1) is 0 Å². The minimum Gasteiger partial charge on any atom is -0.370 e. The Morgan fingerprint density at radius 1 is 1.11 bits per heavy atom. The number of nitrogens with one attached hydrogen (secondary N) is 2. The number of nitrogens with two attached hydrogens (primary N) is 1. The number of anilines is 2. The fourth-order valence-electron chi connectivity index (χ4n) is 1.80. The first-order valence-corrected chi connectivity index (χ1v) is 8.16. The first-order chi connectivity index (χ1) is 9.30. The van der Waals surface area contributed by atoms with Crippen LogP contribution in [0.3, 0.4) is 0 Å².